The number of imidazole rings is 1. The minimum Gasteiger partial charge on any atom is -0.480 e. The van der Waals surface area contributed by atoms with Gasteiger partial charge in [-0.1, -0.05) is 44.2 Å². The number of amides is 3. The van der Waals surface area contributed by atoms with Crippen LogP contribution >= 0.6 is 0 Å². The topological polar surface area (TPSA) is 200 Å². The Morgan fingerprint density at radius 1 is 0.971 bits per heavy atom. The van der Waals surface area contributed by atoms with E-state index in [4.69, 9.17) is 10.8 Å². The maximum atomic E-state index is 13.2. The van der Waals surface area contributed by atoms with Crippen LogP contribution in [0.25, 0.3) is 0 Å². The second-order valence-corrected chi connectivity index (χ2v) is 8.45. The molecule has 0 fully saturated rings. The summed E-state index contributed by atoms with van der Waals surface area (Å²) in [7, 11) is 0. The first-order valence-corrected chi connectivity index (χ1v) is 11.1. The van der Waals surface area contributed by atoms with Gasteiger partial charge >= 0.3 is 5.97 Å². The summed E-state index contributed by atoms with van der Waals surface area (Å²) in [5, 5.41) is 26.3. The van der Waals surface area contributed by atoms with Gasteiger partial charge in [-0.15, -0.1) is 0 Å². The lowest BCUT2D eigenvalue weighted by molar-refractivity contribution is -0.142. The maximum absolute atomic E-state index is 13.2. The average molecular weight is 489 g/mol. The molecule has 1 aromatic carbocycles. The first kappa shape index (κ1) is 27.5. The highest BCUT2D eigenvalue weighted by atomic mass is 16.4. The summed E-state index contributed by atoms with van der Waals surface area (Å²) in [6, 6.07) is 4.29. The van der Waals surface area contributed by atoms with Crippen molar-refractivity contribution in [3.63, 3.8) is 0 Å². The predicted molar refractivity (Wildman–Crippen MR) is 126 cm³/mol. The number of aliphatic hydroxyl groups is 1. The van der Waals surface area contributed by atoms with Crippen LogP contribution in [0, 0.1) is 5.92 Å². The number of nitrogens with one attached hydrogen (secondary N) is 4. The lowest BCUT2D eigenvalue weighted by Crippen LogP contribution is -2.59. The Bertz CT molecular complexity index is 982. The standard InChI is InChI=1S/C23H32N6O6/c1-13(2)19(22(33)28-18(23(34)35)9-15-10-25-12-26-15)29-21(32)17(27-20(31)16(24)11-30)8-14-6-4-3-5-7-14/h3-7,10,12-13,16-19,30H,8-9,11,24H2,1-2H3,(H,25,26)(H,27,31)(H,28,33)(H,29,32)(H,34,35). The van der Waals surface area contributed by atoms with Crippen molar-refractivity contribution < 1.29 is 29.4 Å². The molecule has 35 heavy (non-hydrogen) atoms. The van der Waals surface area contributed by atoms with Crippen molar-refractivity contribution in [3.05, 3.63) is 54.1 Å². The number of hydrogen-bond donors (Lipinski definition) is 7. The Morgan fingerprint density at radius 3 is 2.17 bits per heavy atom. The Kier molecular flexibility index (Phi) is 10.4. The molecule has 2 rings (SSSR count). The number of benzene rings is 1. The van der Waals surface area contributed by atoms with Crippen molar-refractivity contribution in [2.75, 3.05) is 6.61 Å². The lowest BCUT2D eigenvalue weighted by Gasteiger charge is -2.27. The van der Waals surface area contributed by atoms with Gasteiger partial charge in [-0.25, -0.2) is 9.78 Å². The fourth-order valence-electron chi connectivity index (χ4n) is 3.29. The minimum atomic E-state index is -1.25. The van der Waals surface area contributed by atoms with Gasteiger partial charge in [-0.3, -0.25) is 14.4 Å². The molecule has 0 aliphatic carbocycles. The number of aliphatic carboxylic acids is 1. The van der Waals surface area contributed by atoms with E-state index in [1.54, 1.807) is 44.2 Å². The van der Waals surface area contributed by atoms with Gasteiger partial charge in [0.25, 0.3) is 0 Å². The molecule has 0 bridgehead atoms. The molecule has 12 heteroatoms. The molecule has 4 atom stereocenters. The third kappa shape index (κ3) is 8.50. The zero-order valence-electron chi connectivity index (χ0n) is 19.6. The Balaban J connectivity index is 2.16. The van der Waals surface area contributed by atoms with Gasteiger partial charge in [0, 0.05) is 24.7 Å². The smallest absolute Gasteiger partial charge is 0.326 e. The monoisotopic (exact) mass is 488 g/mol. The van der Waals surface area contributed by atoms with E-state index in [-0.39, 0.29) is 12.8 Å². The molecule has 8 N–H and O–H groups in total. The molecule has 2 aromatic rings. The summed E-state index contributed by atoms with van der Waals surface area (Å²) in [6.45, 7) is 2.79. The van der Waals surface area contributed by atoms with Crippen molar-refractivity contribution in [2.24, 2.45) is 11.7 Å². The maximum Gasteiger partial charge on any atom is 0.326 e. The van der Waals surface area contributed by atoms with Crippen LogP contribution in [0.1, 0.15) is 25.1 Å². The third-order valence-corrected chi connectivity index (χ3v) is 5.29. The molecule has 4 unspecified atom stereocenters. The van der Waals surface area contributed by atoms with Gasteiger partial charge in [0.2, 0.25) is 17.7 Å². The quantitative estimate of drug-likeness (QED) is 0.180. The zero-order chi connectivity index (χ0) is 26.0. The summed E-state index contributed by atoms with van der Waals surface area (Å²) in [5.41, 5.74) is 6.85. The summed E-state index contributed by atoms with van der Waals surface area (Å²) < 4.78 is 0. The number of rotatable bonds is 13. The van der Waals surface area contributed by atoms with Crippen LogP contribution in [0.5, 0.6) is 0 Å². The van der Waals surface area contributed by atoms with Crippen LogP contribution in [0.4, 0.5) is 0 Å². The van der Waals surface area contributed by atoms with E-state index >= 15 is 0 Å². The number of aromatic nitrogens is 2. The van der Waals surface area contributed by atoms with Crippen LogP contribution in [0.3, 0.4) is 0 Å². The van der Waals surface area contributed by atoms with E-state index in [0.717, 1.165) is 5.56 Å². The fourth-order valence-corrected chi connectivity index (χ4v) is 3.29. The van der Waals surface area contributed by atoms with Gasteiger partial charge in [0.15, 0.2) is 0 Å². The number of hydrogen-bond acceptors (Lipinski definition) is 7. The largest absolute Gasteiger partial charge is 0.480 e. The summed E-state index contributed by atoms with van der Waals surface area (Å²) in [6.07, 6.45) is 2.95. The molecule has 0 spiro atoms. The van der Waals surface area contributed by atoms with Gasteiger partial charge in [-0.05, 0) is 11.5 Å². The zero-order valence-corrected chi connectivity index (χ0v) is 19.6. The van der Waals surface area contributed by atoms with Crippen LogP contribution in [-0.2, 0) is 32.0 Å². The number of carbonyl (C=O) groups excluding carboxylic acids is 3. The average Bonchev–Trinajstić information content (AvgIpc) is 3.34. The predicted octanol–water partition coefficient (Wildman–Crippen LogP) is -1.29. The van der Waals surface area contributed by atoms with E-state index in [9.17, 15) is 24.3 Å². The molecule has 1 heterocycles. The molecular weight excluding hydrogens is 456 g/mol. The highest BCUT2D eigenvalue weighted by molar-refractivity contribution is 5.94. The number of nitrogens with zero attached hydrogens (tertiary/aromatic N) is 1. The van der Waals surface area contributed by atoms with Crippen LogP contribution in [-0.4, -0.2) is 74.6 Å². The van der Waals surface area contributed by atoms with E-state index in [1.807, 2.05) is 0 Å². The fraction of sp³-hybridized carbons (Fsp3) is 0.435. The van der Waals surface area contributed by atoms with Crippen LogP contribution in [0.2, 0.25) is 0 Å². The summed E-state index contributed by atoms with van der Waals surface area (Å²) in [4.78, 5) is 56.7. The van der Waals surface area contributed by atoms with Gasteiger partial charge in [0.05, 0.1) is 12.9 Å². The van der Waals surface area contributed by atoms with Crippen molar-refractivity contribution in [3.8, 4) is 0 Å². The van der Waals surface area contributed by atoms with E-state index in [1.165, 1.54) is 12.5 Å². The Hall–Kier alpha value is -3.77. The summed E-state index contributed by atoms with van der Waals surface area (Å²) in [5.74, 6) is -3.69. The number of carboxylic acid groups (broad SMARTS) is 1. The van der Waals surface area contributed by atoms with Crippen molar-refractivity contribution in [1.29, 1.82) is 0 Å². The highest BCUT2D eigenvalue weighted by Gasteiger charge is 2.32. The van der Waals surface area contributed by atoms with E-state index < -0.39 is 60.4 Å². The normalized spacial score (nSPS) is 14.4. The molecule has 1 aromatic heterocycles. The molecule has 0 aliphatic rings. The first-order valence-electron chi connectivity index (χ1n) is 11.1. The molecular formula is C23H32N6O6. The van der Waals surface area contributed by atoms with Crippen LogP contribution < -0.4 is 21.7 Å². The first-order chi connectivity index (χ1) is 16.6. The number of aliphatic hydroxyl groups excluding tert-OH is 1. The molecule has 0 saturated carbocycles. The van der Waals surface area contributed by atoms with E-state index in [0.29, 0.717) is 5.69 Å². The second kappa shape index (κ2) is 13.2. The lowest BCUT2D eigenvalue weighted by atomic mass is 10.00. The number of carboxylic acids is 1. The SMILES string of the molecule is CC(C)C(NC(=O)C(Cc1ccccc1)NC(=O)C(N)CO)C(=O)NC(Cc1cnc[nH]1)C(=O)O. The summed E-state index contributed by atoms with van der Waals surface area (Å²) >= 11 is 0. The van der Waals surface area contributed by atoms with Crippen molar-refractivity contribution in [1.82, 2.24) is 25.9 Å². The van der Waals surface area contributed by atoms with Gasteiger partial charge in [-0.2, -0.15) is 0 Å². The third-order valence-electron chi connectivity index (χ3n) is 5.29. The second-order valence-electron chi connectivity index (χ2n) is 8.45. The molecule has 0 saturated heterocycles. The minimum absolute atomic E-state index is 0.0222. The molecule has 12 nitrogen and oxygen atoms in total. The number of nitrogens with two attached hydrogens (primary N) is 1. The molecule has 3 amide bonds. The van der Waals surface area contributed by atoms with Crippen molar-refractivity contribution in [2.45, 2.75) is 50.9 Å². The Morgan fingerprint density at radius 2 is 1.63 bits per heavy atom. The highest BCUT2D eigenvalue weighted by Crippen LogP contribution is 2.08. The molecule has 190 valence electrons. The number of aromatic amines is 1. The van der Waals surface area contributed by atoms with Gasteiger partial charge < -0.3 is 36.9 Å². The van der Waals surface area contributed by atoms with Crippen LogP contribution in [0.15, 0.2) is 42.9 Å². The number of H-pyrrole nitrogens is 1. The Labute approximate surface area is 202 Å². The molecule has 0 aliphatic heterocycles. The van der Waals surface area contributed by atoms with Crippen molar-refractivity contribution >= 4 is 23.7 Å². The van der Waals surface area contributed by atoms with E-state index in [2.05, 4.69) is 25.9 Å². The van der Waals surface area contributed by atoms with Gasteiger partial charge in [0.1, 0.15) is 24.2 Å². The molecule has 0 radical (unpaired) electrons. The number of carbonyl (C=O) groups is 4.